The molecule has 2 aliphatic rings. The summed E-state index contributed by atoms with van der Waals surface area (Å²) >= 11 is 5.93. The lowest BCUT2D eigenvalue weighted by atomic mass is 10.2. The third-order valence-corrected chi connectivity index (χ3v) is 4.44. The Labute approximate surface area is 136 Å². The lowest BCUT2D eigenvalue weighted by Crippen LogP contribution is -2.49. The summed E-state index contributed by atoms with van der Waals surface area (Å²) in [5.41, 5.74) is 1.23. The number of amides is 2. The summed E-state index contributed by atoms with van der Waals surface area (Å²) in [6.07, 6.45) is 2.25. The molecule has 3 rings (SSSR count). The number of rotatable bonds is 5. The summed E-state index contributed by atoms with van der Waals surface area (Å²) in [4.78, 5) is 16.3. The SMILES string of the molecule is O=C(NCCN1CCN(c2ccc(Cl)cc2)CC1)NC1CC1. The summed E-state index contributed by atoms with van der Waals surface area (Å²) in [5, 5.41) is 6.64. The maximum absolute atomic E-state index is 11.5. The van der Waals surface area contributed by atoms with E-state index in [-0.39, 0.29) is 6.03 Å². The van der Waals surface area contributed by atoms with Crippen LogP contribution >= 0.6 is 11.6 Å². The predicted molar refractivity (Wildman–Crippen MR) is 89.7 cm³/mol. The second-order valence-electron chi connectivity index (χ2n) is 5.98. The number of anilines is 1. The molecule has 6 heteroatoms. The zero-order valence-electron chi connectivity index (χ0n) is 12.7. The first-order valence-electron chi connectivity index (χ1n) is 7.98. The highest BCUT2D eigenvalue weighted by Gasteiger charge is 2.23. The lowest BCUT2D eigenvalue weighted by molar-refractivity contribution is 0.231. The molecule has 2 N–H and O–H groups in total. The molecule has 0 bridgehead atoms. The zero-order valence-corrected chi connectivity index (χ0v) is 13.5. The summed E-state index contributed by atoms with van der Waals surface area (Å²) in [5.74, 6) is 0. The number of benzene rings is 1. The molecule has 1 aromatic rings. The van der Waals surface area contributed by atoms with Gasteiger partial charge in [-0.25, -0.2) is 4.79 Å². The van der Waals surface area contributed by atoms with Crippen molar-refractivity contribution in [2.75, 3.05) is 44.2 Å². The second-order valence-corrected chi connectivity index (χ2v) is 6.42. The average Bonchev–Trinajstić information content (AvgIpc) is 3.33. The molecule has 2 fully saturated rings. The molecule has 0 aromatic heterocycles. The predicted octanol–water partition coefficient (Wildman–Crippen LogP) is 1.92. The monoisotopic (exact) mass is 322 g/mol. The second kappa shape index (κ2) is 7.20. The molecular weight excluding hydrogens is 300 g/mol. The Hall–Kier alpha value is -1.46. The molecule has 1 heterocycles. The Balaban J connectivity index is 1.34. The highest BCUT2D eigenvalue weighted by atomic mass is 35.5. The van der Waals surface area contributed by atoms with Gasteiger partial charge in [0.15, 0.2) is 0 Å². The minimum atomic E-state index is -0.0256. The van der Waals surface area contributed by atoms with Crippen molar-refractivity contribution in [2.24, 2.45) is 0 Å². The number of urea groups is 1. The molecule has 0 unspecified atom stereocenters. The van der Waals surface area contributed by atoms with Gasteiger partial charge in [-0.1, -0.05) is 11.6 Å². The maximum Gasteiger partial charge on any atom is 0.315 e. The number of carbonyl (C=O) groups excluding carboxylic acids is 1. The molecule has 0 radical (unpaired) electrons. The van der Waals surface area contributed by atoms with Gasteiger partial charge < -0.3 is 15.5 Å². The van der Waals surface area contributed by atoms with Crippen LogP contribution in [0.3, 0.4) is 0 Å². The molecular formula is C16H23ClN4O. The Morgan fingerprint density at radius 3 is 2.45 bits per heavy atom. The molecule has 22 heavy (non-hydrogen) atoms. The van der Waals surface area contributed by atoms with Gasteiger partial charge in [0.2, 0.25) is 0 Å². The van der Waals surface area contributed by atoms with E-state index in [2.05, 4.69) is 32.6 Å². The van der Waals surface area contributed by atoms with Crippen LogP contribution in [-0.4, -0.2) is 56.2 Å². The fourth-order valence-corrected chi connectivity index (χ4v) is 2.80. The number of carbonyl (C=O) groups is 1. The van der Waals surface area contributed by atoms with Gasteiger partial charge in [0.05, 0.1) is 0 Å². The first-order valence-corrected chi connectivity index (χ1v) is 8.36. The van der Waals surface area contributed by atoms with Crippen LogP contribution < -0.4 is 15.5 Å². The molecule has 1 aromatic carbocycles. The third-order valence-electron chi connectivity index (χ3n) is 4.19. The molecule has 120 valence electrons. The third kappa shape index (κ3) is 4.52. The van der Waals surface area contributed by atoms with Crippen molar-refractivity contribution >= 4 is 23.3 Å². The van der Waals surface area contributed by atoms with Crippen LogP contribution in [-0.2, 0) is 0 Å². The van der Waals surface area contributed by atoms with Gasteiger partial charge in [0.25, 0.3) is 0 Å². The van der Waals surface area contributed by atoms with Crippen molar-refractivity contribution in [3.63, 3.8) is 0 Å². The molecule has 0 spiro atoms. The smallest absolute Gasteiger partial charge is 0.315 e. The highest BCUT2D eigenvalue weighted by Crippen LogP contribution is 2.19. The van der Waals surface area contributed by atoms with Gasteiger partial charge in [-0.2, -0.15) is 0 Å². The van der Waals surface area contributed by atoms with Gasteiger partial charge in [-0.3, -0.25) is 4.90 Å². The topological polar surface area (TPSA) is 47.6 Å². The number of hydrogen-bond donors (Lipinski definition) is 2. The van der Waals surface area contributed by atoms with E-state index in [1.807, 2.05) is 12.1 Å². The van der Waals surface area contributed by atoms with E-state index in [1.165, 1.54) is 5.69 Å². The van der Waals surface area contributed by atoms with Gasteiger partial charge in [0.1, 0.15) is 0 Å². The molecule has 2 amide bonds. The van der Waals surface area contributed by atoms with Crippen LogP contribution in [0.5, 0.6) is 0 Å². The Kier molecular flexibility index (Phi) is 5.05. The van der Waals surface area contributed by atoms with Crippen molar-refractivity contribution < 1.29 is 4.79 Å². The first kappa shape index (κ1) is 15.4. The molecule has 1 saturated heterocycles. The number of hydrogen-bond acceptors (Lipinski definition) is 3. The quantitative estimate of drug-likeness (QED) is 0.871. The Morgan fingerprint density at radius 2 is 1.82 bits per heavy atom. The van der Waals surface area contributed by atoms with Crippen LogP contribution in [0.4, 0.5) is 10.5 Å². The number of nitrogens with zero attached hydrogens (tertiary/aromatic N) is 2. The highest BCUT2D eigenvalue weighted by molar-refractivity contribution is 6.30. The average molecular weight is 323 g/mol. The lowest BCUT2D eigenvalue weighted by Gasteiger charge is -2.36. The normalized spacial score (nSPS) is 19.0. The van der Waals surface area contributed by atoms with Crippen LogP contribution in [0.25, 0.3) is 0 Å². The van der Waals surface area contributed by atoms with Gasteiger partial charge in [-0.15, -0.1) is 0 Å². The maximum atomic E-state index is 11.5. The summed E-state index contributed by atoms with van der Waals surface area (Å²) in [6.45, 7) is 5.68. The largest absolute Gasteiger partial charge is 0.369 e. The van der Waals surface area contributed by atoms with Gasteiger partial charge >= 0.3 is 6.03 Å². The van der Waals surface area contributed by atoms with E-state index >= 15 is 0 Å². The summed E-state index contributed by atoms with van der Waals surface area (Å²) in [6, 6.07) is 8.41. The fraction of sp³-hybridized carbons (Fsp3) is 0.562. The van der Waals surface area contributed by atoms with Crippen LogP contribution in [0, 0.1) is 0 Å². The summed E-state index contributed by atoms with van der Waals surface area (Å²) < 4.78 is 0. The molecule has 1 aliphatic carbocycles. The van der Waals surface area contributed by atoms with Crippen LogP contribution in [0.15, 0.2) is 24.3 Å². The molecule has 5 nitrogen and oxygen atoms in total. The standard InChI is InChI=1S/C16H23ClN4O/c17-13-1-5-15(6-2-13)21-11-9-20(10-12-21)8-7-18-16(22)19-14-3-4-14/h1-2,5-6,14H,3-4,7-12H2,(H2,18,19,22). The van der Waals surface area contributed by atoms with Gasteiger partial charge in [0, 0.05) is 56.0 Å². The van der Waals surface area contributed by atoms with Crippen molar-refractivity contribution in [1.29, 1.82) is 0 Å². The van der Waals surface area contributed by atoms with Crippen molar-refractivity contribution in [3.8, 4) is 0 Å². The summed E-state index contributed by atoms with van der Waals surface area (Å²) in [7, 11) is 0. The van der Waals surface area contributed by atoms with Crippen LogP contribution in [0.1, 0.15) is 12.8 Å². The van der Waals surface area contributed by atoms with Crippen LogP contribution in [0.2, 0.25) is 5.02 Å². The fourth-order valence-electron chi connectivity index (χ4n) is 2.67. The minimum absolute atomic E-state index is 0.0256. The van der Waals surface area contributed by atoms with E-state index in [4.69, 9.17) is 11.6 Å². The van der Waals surface area contributed by atoms with E-state index < -0.39 is 0 Å². The Bertz CT molecular complexity index is 495. The van der Waals surface area contributed by atoms with Crippen molar-refractivity contribution in [3.05, 3.63) is 29.3 Å². The van der Waals surface area contributed by atoms with Crippen molar-refractivity contribution in [2.45, 2.75) is 18.9 Å². The molecule has 1 aliphatic heterocycles. The zero-order chi connectivity index (χ0) is 15.4. The van der Waals surface area contributed by atoms with E-state index in [9.17, 15) is 4.79 Å². The van der Waals surface area contributed by atoms with E-state index in [0.717, 1.165) is 50.6 Å². The molecule has 1 saturated carbocycles. The number of nitrogens with one attached hydrogen (secondary N) is 2. The van der Waals surface area contributed by atoms with Crippen molar-refractivity contribution in [1.82, 2.24) is 15.5 Å². The number of halogens is 1. The van der Waals surface area contributed by atoms with Gasteiger partial charge in [-0.05, 0) is 37.1 Å². The number of piperazine rings is 1. The Morgan fingerprint density at radius 1 is 1.14 bits per heavy atom. The molecule has 0 atom stereocenters. The minimum Gasteiger partial charge on any atom is -0.369 e. The first-order chi connectivity index (χ1) is 10.7. The van der Waals surface area contributed by atoms with E-state index in [0.29, 0.717) is 12.6 Å². The van der Waals surface area contributed by atoms with E-state index in [1.54, 1.807) is 0 Å².